The molecule has 1 saturated heterocycles. The predicted octanol–water partition coefficient (Wildman–Crippen LogP) is 4.42. The van der Waals surface area contributed by atoms with Gasteiger partial charge in [0.15, 0.2) is 5.13 Å². The molecule has 8 nitrogen and oxygen atoms in total. The number of anilines is 1. The zero-order valence-corrected chi connectivity index (χ0v) is 20.6. The summed E-state index contributed by atoms with van der Waals surface area (Å²) in [4.78, 5) is 17.2. The monoisotopic (exact) mass is 506 g/mol. The van der Waals surface area contributed by atoms with E-state index in [2.05, 4.69) is 36.9 Å². The smallest absolute Gasteiger partial charge is 0.289 e. The predicted molar refractivity (Wildman–Crippen MR) is 130 cm³/mol. The third-order valence-electron chi connectivity index (χ3n) is 5.89. The second-order valence-electron chi connectivity index (χ2n) is 7.92. The molecular weight excluding hydrogens is 484 g/mol. The number of benzene rings is 2. The number of rotatable bonds is 6. The largest absolute Gasteiger partial charge is 0.345 e. The Morgan fingerprint density at radius 2 is 1.88 bits per heavy atom. The fraction of sp³-hybridized carbons (Fsp3) is 0.318. The van der Waals surface area contributed by atoms with Crippen molar-refractivity contribution in [2.24, 2.45) is 0 Å². The third kappa shape index (κ3) is 4.89. The van der Waals surface area contributed by atoms with Gasteiger partial charge in [-0.1, -0.05) is 29.8 Å². The minimum atomic E-state index is -3.86. The van der Waals surface area contributed by atoms with E-state index < -0.39 is 20.6 Å². The SMILES string of the molecule is Cc1cccc(Cc2csc(N3CCN(S(=O)(=O)c4ccc(Cl)c([N+](=O)[O-])c4)CC3)n2)c1C. The molecule has 1 aromatic heterocycles. The maximum atomic E-state index is 13.0. The van der Waals surface area contributed by atoms with Crippen molar-refractivity contribution in [3.05, 3.63) is 79.3 Å². The molecule has 0 atom stereocenters. The normalized spacial score (nSPS) is 15.1. The Bertz CT molecular complexity index is 1300. The molecule has 0 radical (unpaired) electrons. The maximum absolute atomic E-state index is 13.0. The van der Waals surface area contributed by atoms with Crippen LogP contribution in [0.25, 0.3) is 0 Å². The van der Waals surface area contributed by atoms with Gasteiger partial charge in [0.05, 0.1) is 15.5 Å². The van der Waals surface area contributed by atoms with Crippen LogP contribution in [0.2, 0.25) is 5.02 Å². The first-order chi connectivity index (χ1) is 15.7. The Labute approximate surface area is 201 Å². The van der Waals surface area contributed by atoms with Gasteiger partial charge in [-0.3, -0.25) is 10.1 Å². The van der Waals surface area contributed by atoms with Crippen molar-refractivity contribution in [3.8, 4) is 0 Å². The number of nitro groups is 1. The molecule has 2 aromatic carbocycles. The van der Waals surface area contributed by atoms with Crippen molar-refractivity contribution in [1.29, 1.82) is 0 Å². The van der Waals surface area contributed by atoms with E-state index in [0.29, 0.717) is 13.1 Å². The summed E-state index contributed by atoms with van der Waals surface area (Å²) in [6.45, 7) is 5.74. The number of nitrogens with zero attached hydrogens (tertiary/aromatic N) is 4. The number of halogens is 1. The van der Waals surface area contributed by atoms with Crippen LogP contribution in [0, 0.1) is 24.0 Å². The summed E-state index contributed by atoms with van der Waals surface area (Å²) in [5.41, 5.74) is 4.35. The van der Waals surface area contributed by atoms with Crippen LogP contribution in [0.15, 0.2) is 46.7 Å². The average molecular weight is 507 g/mol. The van der Waals surface area contributed by atoms with Crippen LogP contribution in [0.3, 0.4) is 0 Å². The molecule has 0 N–H and O–H groups in total. The summed E-state index contributed by atoms with van der Waals surface area (Å²) in [7, 11) is -3.86. The molecule has 0 amide bonds. The lowest BCUT2D eigenvalue weighted by Crippen LogP contribution is -2.48. The van der Waals surface area contributed by atoms with Gasteiger partial charge in [-0.15, -0.1) is 11.3 Å². The van der Waals surface area contributed by atoms with Crippen molar-refractivity contribution >= 4 is 43.8 Å². The van der Waals surface area contributed by atoms with Crippen molar-refractivity contribution in [2.45, 2.75) is 25.2 Å². The summed E-state index contributed by atoms with van der Waals surface area (Å²) in [5.74, 6) is 0. The molecule has 0 spiro atoms. The molecule has 11 heteroatoms. The minimum absolute atomic E-state index is 0.0933. The first-order valence-electron chi connectivity index (χ1n) is 10.4. The van der Waals surface area contributed by atoms with Gasteiger partial charge in [-0.2, -0.15) is 4.31 Å². The van der Waals surface area contributed by atoms with Crippen LogP contribution < -0.4 is 4.90 Å². The number of piperazine rings is 1. The van der Waals surface area contributed by atoms with Crippen LogP contribution in [0.1, 0.15) is 22.4 Å². The molecule has 0 bridgehead atoms. The molecule has 1 aliphatic rings. The molecule has 0 saturated carbocycles. The van der Waals surface area contributed by atoms with E-state index in [0.717, 1.165) is 23.3 Å². The Kier molecular flexibility index (Phi) is 6.71. The van der Waals surface area contributed by atoms with Crippen LogP contribution in [0.4, 0.5) is 10.8 Å². The van der Waals surface area contributed by atoms with Crippen LogP contribution >= 0.6 is 22.9 Å². The Morgan fingerprint density at radius 3 is 2.58 bits per heavy atom. The van der Waals surface area contributed by atoms with Crippen molar-refractivity contribution in [3.63, 3.8) is 0 Å². The number of aryl methyl sites for hydroxylation is 1. The zero-order chi connectivity index (χ0) is 23.8. The first-order valence-corrected chi connectivity index (χ1v) is 13.0. The highest BCUT2D eigenvalue weighted by Crippen LogP contribution is 2.30. The molecule has 2 heterocycles. The Balaban J connectivity index is 1.43. The number of nitro benzene ring substituents is 1. The van der Waals surface area contributed by atoms with Crippen LogP contribution in [0.5, 0.6) is 0 Å². The summed E-state index contributed by atoms with van der Waals surface area (Å²) < 4.78 is 27.4. The highest BCUT2D eigenvalue weighted by atomic mass is 35.5. The quantitative estimate of drug-likeness (QED) is 0.362. The Hall–Kier alpha value is -2.53. The molecule has 4 rings (SSSR count). The van der Waals surface area contributed by atoms with Crippen molar-refractivity contribution in [2.75, 3.05) is 31.1 Å². The van der Waals surface area contributed by atoms with Crippen molar-refractivity contribution in [1.82, 2.24) is 9.29 Å². The van der Waals surface area contributed by atoms with Crippen LogP contribution in [-0.2, 0) is 16.4 Å². The summed E-state index contributed by atoms with van der Waals surface area (Å²) >= 11 is 7.38. The van der Waals surface area contributed by atoms with E-state index in [1.54, 1.807) is 11.3 Å². The molecule has 1 aliphatic heterocycles. The molecular formula is C22H23ClN4O4S2. The lowest BCUT2D eigenvalue weighted by atomic mass is 10.0. The van der Waals surface area contributed by atoms with E-state index in [1.807, 2.05) is 5.38 Å². The van der Waals surface area contributed by atoms with Gasteiger partial charge in [-0.05, 0) is 42.7 Å². The van der Waals surface area contributed by atoms with Gasteiger partial charge in [0.25, 0.3) is 5.69 Å². The fourth-order valence-electron chi connectivity index (χ4n) is 3.78. The number of hydrogen-bond donors (Lipinski definition) is 0. The lowest BCUT2D eigenvalue weighted by Gasteiger charge is -2.33. The van der Waals surface area contributed by atoms with Crippen molar-refractivity contribution < 1.29 is 13.3 Å². The summed E-state index contributed by atoms with van der Waals surface area (Å²) in [6.07, 6.45) is 0.758. The highest BCUT2D eigenvalue weighted by Gasteiger charge is 2.31. The number of hydrogen-bond acceptors (Lipinski definition) is 7. The topological polar surface area (TPSA) is 96.7 Å². The summed E-state index contributed by atoms with van der Waals surface area (Å²) in [6, 6.07) is 9.84. The van der Waals surface area contributed by atoms with E-state index in [1.165, 1.54) is 33.1 Å². The second kappa shape index (κ2) is 9.38. The second-order valence-corrected chi connectivity index (χ2v) is 11.1. The number of aromatic nitrogens is 1. The first kappa shape index (κ1) is 23.6. The summed E-state index contributed by atoms with van der Waals surface area (Å²) in [5, 5.41) is 14.0. The molecule has 1 fully saturated rings. The third-order valence-corrected chi connectivity index (χ3v) is 9.05. The molecule has 3 aromatic rings. The van der Waals surface area contributed by atoms with Gasteiger partial charge < -0.3 is 4.90 Å². The molecule has 0 aliphatic carbocycles. The lowest BCUT2D eigenvalue weighted by molar-refractivity contribution is -0.384. The number of thiazole rings is 1. The van der Waals surface area contributed by atoms with E-state index in [-0.39, 0.29) is 23.0 Å². The average Bonchev–Trinajstić information content (AvgIpc) is 3.25. The van der Waals surface area contributed by atoms with Gasteiger partial charge in [0.1, 0.15) is 5.02 Å². The fourth-order valence-corrected chi connectivity index (χ4v) is 6.29. The highest BCUT2D eigenvalue weighted by molar-refractivity contribution is 7.89. The van der Waals surface area contributed by atoms with Gasteiger partial charge in [0.2, 0.25) is 10.0 Å². The van der Waals surface area contributed by atoms with Gasteiger partial charge in [0, 0.05) is 44.0 Å². The number of sulfonamides is 1. The van der Waals surface area contributed by atoms with Gasteiger partial charge in [-0.25, -0.2) is 13.4 Å². The van der Waals surface area contributed by atoms with E-state index in [9.17, 15) is 18.5 Å². The standard InChI is InChI=1S/C22H23ClN4O4S2/c1-15-4-3-5-17(16(15)2)12-18-14-32-22(24-18)25-8-10-26(11-9-25)33(30,31)19-6-7-20(23)21(13-19)27(28)29/h3-7,13-14H,8-12H2,1-2H3. The van der Waals surface area contributed by atoms with Gasteiger partial charge >= 0.3 is 0 Å². The minimum Gasteiger partial charge on any atom is -0.345 e. The van der Waals surface area contributed by atoms with Crippen LogP contribution in [-0.4, -0.2) is 48.8 Å². The zero-order valence-electron chi connectivity index (χ0n) is 18.2. The van der Waals surface area contributed by atoms with E-state index >= 15 is 0 Å². The Morgan fingerprint density at radius 1 is 1.15 bits per heavy atom. The molecule has 174 valence electrons. The molecule has 33 heavy (non-hydrogen) atoms. The van der Waals surface area contributed by atoms with E-state index in [4.69, 9.17) is 16.6 Å². The maximum Gasteiger partial charge on any atom is 0.289 e. The molecule has 0 unspecified atom stereocenters.